The molecule has 0 saturated carbocycles. The molecule has 0 spiro atoms. The molecule has 1 atom stereocenters. The second-order valence-electron chi connectivity index (χ2n) is 8.89. The second-order valence-corrected chi connectivity index (χ2v) is 8.89. The number of aliphatic hydroxyl groups is 1. The Hall–Kier alpha value is -4.59. The Morgan fingerprint density at radius 1 is 1.00 bits per heavy atom. The number of carbonyl (C=O) groups excluding carboxylic acids is 2. The van der Waals surface area contributed by atoms with Gasteiger partial charge in [-0.25, -0.2) is 0 Å². The van der Waals surface area contributed by atoms with Crippen LogP contribution in [0.5, 0.6) is 17.2 Å². The maximum atomic E-state index is 13.4. The number of carbonyl (C=O) groups is 2. The van der Waals surface area contributed by atoms with Crippen LogP contribution in [0.2, 0.25) is 0 Å². The molecule has 8 nitrogen and oxygen atoms in total. The number of ketones is 1. The number of aliphatic hydroxyl groups excluding tert-OH is 1. The van der Waals surface area contributed by atoms with Gasteiger partial charge in [0, 0.05) is 24.5 Å². The van der Waals surface area contributed by atoms with E-state index in [1.807, 2.05) is 13.8 Å². The van der Waals surface area contributed by atoms with E-state index in [0.29, 0.717) is 41.6 Å². The lowest BCUT2D eigenvalue weighted by Gasteiger charge is -2.26. The van der Waals surface area contributed by atoms with Crippen LogP contribution in [0, 0.1) is 0 Å². The van der Waals surface area contributed by atoms with E-state index in [4.69, 9.17) is 14.2 Å². The normalized spacial score (nSPS) is 16.3. The van der Waals surface area contributed by atoms with Crippen molar-refractivity contribution in [3.05, 3.63) is 102 Å². The van der Waals surface area contributed by atoms with E-state index < -0.39 is 17.7 Å². The Morgan fingerprint density at radius 2 is 1.74 bits per heavy atom. The molecule has 0 bridgehead atoms. The van der Waals surface area contributed by atoms with Gasteiger partial charge in [0.15, 0.2) is 11.5 Å². The fourth-order valence-electron chi connectivity index (χ4n) is 4.39. The van der Waals surface area contributed by atoms with Crippen LogP contribution >= 0.6 is 0 Å². The van der Waals surface area contributed by atoms with E-state index in [1.54, 1.807) is 73.1 Å². The summed E-state index contributed by atoms with van der Waals surface area (Å²) in [6, 6.07) is 14.7. The summed E-state index contributed by atoms with van der Waals surface area (Å²) in [6.07, 6.45) is 5.75. The molecule has 4 rings (SSSR count). The molecule has 1 aliphatic heterocycles. The van der Waals surface area contributed by atoms with Crippen LogP contribution in [0.4, 0.5) is 0 Å². The molecule has 202 valence electrons. The third kappa shape index (κ3) is 6.12. The molecule has 39 heavy (non-hydrogen) atoms. The monoisotopic (exact) mass is 528 g/mol. The van der Waals surface area contributed by atoms with Crippen LogP contribution in [0.25, 0.3) is 5.76 Å². The van der Waals surface area contributed by atoms with E-state index in [-0.39, 0.29) is 24.5 Å². The number of aromatic nitrogens is 1. The Labute approximate surface area is 228 Å². The van der Waals surface area contributed by atoms with E-state index in [2.05, 4.69) is 11.6 Å². The summed E-state index contributed by atoms with van der Waals surface area (Å²) in [5.74, 6) is -0.103. The predicted molar refractivity (Wildman–Crippen MR) is 148 cm³/mol. The third-order valence-corrected chi connectivity index (χ3v) is 6.18. The van der Waals surface area contributed by atoms with Gasteiger partial charge in [-0.2, -0.15) is 0 Å². The van der Waals surface area contributed by atoms with Gasteiger partial charge in [-0.15, -0.1) is 0 Å². The fraction of sp³-hybridized carbons (Fsp3) is 0.258. The van der Waals surface area contributed by atoms with Crippen LogP contribution in [0.3, 0.4) is 0 Å². The standard InChI is InChI=1S/C31H32N2O6/c1-4-17-38-24-10-7-22(8-11-24)29(34)27-28(23-9-12-25(39-18-5-2)26(19-23)37-6-3)33(31(36)30(27)35)20-21-13-15-32-16-14-21/h5,7-16,19,28,34H,2,4,6,17-18,20H2,1,3H3. The molecule has 0 radical (unpaired) electrons. The minimum atomic E-state index is -0.859. The van der Waals surface area contributed by atoms with Crippen LogP contribution in [0.15, 0.2) is 85.2 Å². The summed E-state index contributed by atoms with van der Waals surface area (Å²) in [6.45, 7) is 8.95. The van der Waals surface area contributed by atoms with Crippen molar-refractivity contribution in [3.63, 3.8) is 0 Å². The molecule has 1 aromatic heterocycles. The van der Waals surface area contributed by atoms with Gasteiger partial charge >= 0.3 is 0 Å². The minimum Gasteiger partial charge on any atom is -0.507 e. The zero-order valence-corrected chi connectivity index (χ0v) is 22.1. The lowest BCUT2D eigenvalue weighted by atomic mass is 9.94. The number of nitrogens with zero attached hydrogens (tertiary/aromatic N) is 2. The second kappa shape index (κ2) is 12.8. The highest BCUT2D eigenvalue weighted by atomic mass is 16.5. The largest absolute Gasteiger partial charge is 0.507 e. The quantitative estimate of drug-likeness (QED) is 0.144. The van der Waals surface area contributed by atoms with Gasteiger partial charge in [0.1, 0.15) is 18.1 Å². The number of hydrogen-bond acceptors (Lipinski definition) is 7. The SMILES string of the molecule is C=CCOc1ccc(C2C(=C(O)c3ccc(OCCC)cc3)C(=O)C(=O)N2Cc2ccncc2)cc1OCC. The first-order chi connectivity index (χ1) is 19.0. The highest BCUT2D eigenvalue weighted by Crippen LogP contribution is 2.43. The maximum Gasteiger partial charge on any atom is 0.295 e. The fourth-order valence-corrected chi connectivity index (χ4v) is 4.39. The molecule has 1 aliphatic rings. The van der Waals surface area contributed by atoms with Crippen molar-refractivity contribution in [1.82, 2.24) is 9.88 Å². The van der Waals surface area contributed by atoms with Gasteiger partial charge in [-0.05, 0) is 73.0 Å². The first-order valence-corrected chi connectivity index (χ1v) is 12.9. The molecule has 2 heterocycles. The first-order valence-electron chi connectivity index (χ1n) is 12.9. The highest BCUT2D eigenvalue weighted by molar-refractivity contribution is 6.46. The Morgan fingerprint density at radius 3 is 2.41 bits per heavy atom. The van der Waals surface area contributed by atoms with E-state index in [1.165, 1.54) is 4.90 Å². The summed E-state index contributed by atoms with van der Waals surface area (Å²) in [4.78, 5) is 32.3. The van der Waals surface area contributed by atoms with Crippen molar-refractivity contribution >= 4 is 17.4 Å². The van der Waals surface area contributed by atoms with Crippen LogP contribution < -0.4 is 14.2 Å². The van der Waals surface area contributed by atoms with Crippen LogP contribution in [-0.4, -0.2) is 46.5 Å². The highest BCUT2D eigenvalue weighted by Gasteiger charge is 2.46. The Kier molecular flexibility index (Phi) is 8.99. The van der Waals surface area contributed by atoms with Crippen molar-refractivity contribution in [2.45, 2.75) is 32.9 Å². The van der Waals surface area contributed by atoms with Gasteiger partial charge in [-0.3, -0.25) is 14.6 Å². The van der Waals surface area contributed by atoms with Crippen molar-refractivity contribution in [2.24, 2.45) is 0 Å². The molecule has 0 aliphatic carbocycles. The number of ether oxygens (including phenoxy) is 3. The summed E-state index contributed by atoms with van der Waals surface area (Å²) < 4.78 is 17.2. The topological polar surface area (TPSA) is 98.2 Å². The predicted octanol–water partition coefficient (Wildman–Crippen LogP) is 5.46. The number of amides is 1. The molecule has 2 aromatic carbocycles. The Balaban J connectivity index is 1.82. The van der Waals surface area contributed by atoms with Gasteiger partial charge in [0.2, 0.25) is 0 Å². The molecule has 1 amide bonds. The van der Waals surface area contributed by atoms with Gasteiger partial charge < -0.3 is 24.2 Å². The number of hydrogen-bond donors (Lipinski definition) is 1. The number of pyridine rings is 1. The lowest BCUT2D eigenvalue weighted by Crippen LogP contribution is -2.29. The molecule has 1 saturated heterocycles. The summed E-state index contributed by atoms with van der Waals surface area (Å²) in [7, 11) is 0. The average molecular weight is 529 g/mol. The summed E-state index contributed by atoms with van der Waals surface area (Å²) in [5, 5.41) is 11.4. The molecule has 8 heteroatoms. The van der Waals surface area contributed by atoms with E-state index in [0.717, 1.165) is 12.0 Å². The third-order valence-electron chi connectivity index (χ3n) is 6.18. The van der Waals surface area contributed by atoms with Crippen molar-refractivity contribution in [2.75, 3.05) is 19.8 Å². The molecule has 3 aromatic rings. The van der Waals surface area contributed by atoms with Gasteiger partial charge in [0.05, 0.1) is 24.8 Å². The van der Waals surface area contributed by atoms with Crippen molar-refractivity contribution < 1.29 is 28.9 Å². The van der Waals surface area contributed by atoms with Gasteiger partial charge in [-0.1, -0.05) is 25.6 Å². The number of rotatable bonds is 12. The number of benzene rings is 2. The van der Waals surface area contributed by atoms with Gasteiger partial charge in [0.25, 0.3) is 11.7 Å². The average Bonchev–Trinajstić information content (AvgIpc) is 3.21. The van der Waals surface area contributed by atoms with Crippen molar-refractivity contribution in [3.8, 4) is 17.2 Å². The summed E-state index contributed by atoms with van der Waals surface area (Å²) in [5.41, 5.74) is 1.80. The molecule has 1 N–H and O–H groups in total. The smallest absolute Gasteiger partial charge is 0.295 e. The zero-order chi connectivity index (χ0) is 27.8. The minimum absolute atomic E-state index is 0.00140. The van der Waals surface area contributed by atoms with Crippen LogP contribution in [-0.2, 0) is 16.1 Å². The Bertz CT molecular complexity index is 1350. The molecule has 1 unspecified atom stereocenters. The maximum absolute atomic E-state index is 13.4. The number of Topliss-reactive ketones (excluding diaryl/α,β-unsaturated/α-hetero) is 1. The first kappa shape index (κ1) is 27.4. The zero-order valence-electron chi connectivity index (χ0n) is 22.1. The number of likely N-dealkylation sites (tertiary alicyclic amines) is 1. The summed E-state index contributed by atoms with van der Waals surface area (Å²) >= 11 is 0. The van der Waals surface area contributed by atoms with E-state index >= 15 is 0 Å². The molecular weight excluding hydrogens is 496 g/mol. The van der Waals surface area contributed by atoms with E-state index in [9.17, 15) is 14.7 Å². The molecular formula is C31H32N2O6. The van der Waals surface area contributed by atoms with Crippen LogP contribution in [0.1, 0.15) is 43.0 Å². The molecule has 1 fully saturated rings. The van der Waals surface area contributed by atoms with Crippen molar-refractivity contribution in [1.29, 1.82) is 0 Å². The lowest BCUT2D eigenvalue weighted by molar-refractivity contribution is -0.140.